The van der Waals surface area contributed by atoms with Crippen molar-refractivity contribution in [3.63, 3.8) is 0 Å². The number of non-ortho nitro benzene ring substituents is 1. The standard InChI is InChI=1S/C26H30N4O5/c1-4-6-14-28-21-13-12-20(30(34)35)15-18(21)16-26(22(28)7-5-2)23(31)27-25(33)29(24(26)32)19-10-8-17(3)9-11-19/h8-13,15,22H,4-7,14,16H2,1-3H3,(H,27,31,33)/t22-,26+/m0/s1. The summed E-state index contributed by atoms with van der Waals surface area (Å²) in [6.07, 6.45) is 2.98. The van der Waals surface area contributed by atoms with Gasteiger partial charge in [-0.1, -0.05) is 44.4 Å². The van der Waals surface area contributed by atoms with E-state index in [-0.39, 0.29) is 12.1 Å². The third-order valence-corrected chi connectivity index (χ3v) is 7.02. The Labute approximate surface area is 204 Å². The minimum atomic E-state index is -1.59. The summed E-state index contributed by atoms with van der Waals surface area (Å²) in [6, 6.07) is 10.3. The van der Waals surface area contributed by atoms with Crippen LogP contribution in [0, 0.1) is 22.5 Å². The maximum atomic E-state index is 14.2. The molecule has 0 aromatic heterocycles. The molecule has 1 fully saturated rings. The van der Waals surface area contributed by atoms with E-state index in [9.17, 15) is 24.5 Å². The van der Waals surface area contributed by atoms with Crippen LogP contribution in [0.25, 0.3) is 0 Å². The number of barbiturate groups is 1. The van der Waals surface area contributed by atoms with Crippen molar-refractivity contribution in [1.82, 2.24) is 5.32 Å². The van der Waals surface area contributed by atoms with Gasteiger partial charge in [0.15, 0.2) is 5.41 Å². The maximum Gasteiger partial charge on any atom is 0.335 e. The third-order valence-electron chi connectivity index (χ3n) is 7.02. The molecule has 0 bridgehead atoms. The summed E-state index contributed by atoms with van der Waals surface area (Å²) in [7, 11) is 0. The van der Waals surface area contributed by atoms with E-state index in [0.717, 1.165) is 35.4 Å². The van der Waals surface area contributed by atoms with Crippen molar-refractivity contribution in [3.8, 4) is 0 Å². The average Bonchev–Trinajstić information content (AvgIpc) is 2.83. The number of imide groups is 2. The van der Waals surface area contributed by atoms with E-state index in [4.69, 9.17) is 0 Å². The monoisotopic (exact) mass is 478 g/mol. The van der Waals surface area contributed by atoms with Crippen LogP contribution in [0.5, 0.6) is 0 Å². The van der Waals surface area contributed by atoms with Gasteiger partial charge in [0.25, 0.3) is 11.6 Å². The van der Waals surface area contributed by atoms with E-state index in [1.807, 2.05) is 13.8 Å². The zero-order chi connectivity index (χ0) is 25.3. The van der Waals surface area contributed by atoms with Crippen LogP contribution in [0.2, 0.25) is 0 Å². The number of amides is 4. The second kappa shape index (κ2) is 9.48. The van der Waals surface area contributed by atoms with Gasteiger partial charge in [-0.05, 0) is 43.5 Å². The van der Waals surface area contributed by atoms with Gasteiger partial charge in [-0.3, -0.25) is 25.0 Å². The van der Waals surface area contributed by atoms with E-state index in [1.54, 1.807) is 30.3 Å². The number of nitrogens with zero attached hydrogens (tertiary/aromatic N) is 3. The highest BCUT2D eigenvalue weighted by molar-refractivity contribution is 6.30. The summed E-state index contributed by atoms with van der Waals surface area (Å²) in [5.74, 6) is -1.24. The summed E-state index contributed by atoms with van der Waals surface area (Å²) >= 11 is 0. The molecule has 1 spiro atoms. The lowest BCUT2D eigenvalue weighted by molar-refractivity contribution is -0.384. The smallest absolute Gasteiger partial charge is 0.335 e. The molecule has 9 heteroatoms. The Morgan fingerprint density at radius 3 is 2.43 bits per heavy atom. The van der Waals surface area contributed by atoms with Gasteiger partial charge in [-0.2, -0.15) is 0 Å². The SMILES string of the molecule is CCCCN1c2ccc([N+](=O)[O-])cc2C[C@]2(C(=O)NC(=O)N(c3ccc(C)cc3)C2=O)[C@@H]1CCC. The third kappa shape index (κ3) is 4.05. The number of hydrogen-bond donors (Lipinski definition) is 1. The van der Waals surface area contributed by atoms with Gasteiger partial charge in [0.1, 0.15) is 0 Å². The van der Waals surface area contributed by atoms with Crippen molar-refractivity contribution >= 4 is 34.9 Å². The van der Waals surface area contributed by atoms with Crippen LogP contribution in [0.4, 0.5) is 21.9 Å². The molecule has 0 aliphatic carbocycles. The molecular weight excluding hydrogens is 448 g/mol. The minimum absolute atomic E-state index is 0.0163. The van der Waals surface area contributed by atoms with Gasteiger partial charge in [0.2, 0.25) is 5.91 Å². The lowest BCUT2D eigenvalue weighted by Crippen LogP contribution is -2.72. The predicted octanol–water partition coefficient (Wildman–Crippen LogP) is 4.50. The maximum absolute atomic E-state index is 14.2. The van der Waals surface area contributed by atoms with E-state index < -0.39 is 34.2 Å². The first-order valence-corrected chi connectivity index (χ1v) is 12.0. The molecular formula is C26H30N4O5. The summed E-state index contributed by atoms with van der Waals surface area (Å²) in [5, 5.41) is 13.9. The Hall–Kier alpha value is -3.75. The number of hydrogen-bond acceptors (Lipinski definition) is 6. The molecule has 184 valence electrons. The average molecular weight is 479 g/mol. The molecule has 2 heterocycles. The lowest BCUT2D eigenvalue weighted by atomic mass is 9.67. The molecule has 0 saturated carbocycles. The number of carbonyl (C=O) groups is 3. The molecule has 4 rings (SSSR count). The number of nitro benzene ring substituents is 1. The summed E-state index contributed by atoms with van der Waals surface area (Å²) < 4.78 is 0. The fourth-order valence-electron chi connectivity index (χ4n) is 5.27. The van der Waals surface area contributed by atoms with Crippen LogP contribution in [0.1, 0.15) is 50.7 Å². The first-order chi connectivity index (χ1) is 16.7. The first kappa shape index (κ1) is 24.4. The molecule has 4 amide bonds. The predicted molar refractivity (Wildman–Crippen MR) is 132 cm³/mol. The molecule has 2 aromatic carbocycles. The van der Waals surface area contributed by atoms with Crippen LogP contribution in [-0.2, 0) is 16.0 Å². The molecule has 2 aliphatic heterocycles. The fraction of sp³-hybridized carbons (Fsp3) is 0.423. The van der Waals surface area contributed by atoms with Gasteiger partial charge in [-0.25, -0.2) is 9.69 Å². The van der Waals surface area contributed by atoms with Crippen molar-refractivity contribution in [3.05, 3.63) is 63.7 Å². The largest absolute Gasteiger partial charge is 0.367 e. The Morgan fingerprint density at radius 2 is 1.80 bits per heavy atom. The molecule has 2 aliphatic rings. The summed E-state index contributed by atoms with van der Waals surface area (Å²) in [4.78, 5) is 54.9. The molecule has 1 N–H and O–H groups in total. The topological polar surface area (TPSA) is 113 Å². The molecule has 2 aromatic rings. The molecule has 0 unspecified atom stereocenters. The van der Waals surface area contributed by atoms with Crippen LogP contribution in [0.15, 0.2) is 42.5 Å². The second-order valence-electron chi connectivity index (χ2n) is 9.31. The number of unbranched alkanes of at least 4 members (excludes halogenated alkanes) is 1. The highest BCUT2D eigenvalue weighted by Crippen LogP contribution is 2.47. The van der Waals surface area contributed by atoms with Gasteiger partial charge in [-0.15, -0.1) is 0 Å². The molecule has 1 saturated heterocycles. The number of nitro groups is 1. The fourth-order valence-corrected chi connectivity index (χ4v) is 5.27. The number of rotatable bonds is 7. The molecule has 35 heavy (non-hydrogen) atoms. The van der Waals surface area contributed by atoms with Crippen molar-refractivity contribution in [2.24, 2.45) is 5.41 Å². The molecule has 0 radical (unpaired) electrons. The van der Waals surface area contributed by atoms with Crippen LogP contribution in [-0.4, -0.2) is 35.4 Å². The zero-order valence-corrected chi connectivity index (χ0v) is 20.2. The van der Waals surface area contributed by atoms with Crippen LogP contribution in [0.3, 0.4) is 0 Å². The number of aryl methyl sites for hydroxylation is 1. The highest BCUT2D eigenvalue weighted by Gasteiger charge is 2.62. The lowest BCUT2D eigenvalue weighted by Gasteiger charge is -2.52. The first-order valence-electron chi connectivity index (χ1n) is 12.0. The van der Waals surface area contributed by atoms with Crippen molar-refractivity contribution in [1.29, 1.82) is 0 Å². The Balaban J connectivity index is 1.91. The summed E-state index contributed by atoms with van der Waals surface area (Å²) in [6.45, 7) is 6.54. The van der Waals surface area contributed by atoms with E-state index in [2.05, 4.69) is 17.1 Å². The van der Waals surface area contributed by atoms with Gasteiger partial charge in [0.05, 0.1) is 16.7 Å². The Morgan fingerprint density at radius 1 is 1.09 bits per heavy atom. The van der Waals surface area contributed by atoms with Gasteiger partial charge >= 0.3 is 6.03 Å². The van der Waals surface area contributed by atoms with Crippen molar-refractivity contribution in [2.75, 3.05) is 16.3 Å². The van der Waals surface area contributed by atoms with E-state index in [1.165, 1.54) is 12.1 Å². The quantitative estimate of drug-likeness (QED) is 0.356. The normalized spacial score (nSPS) is 21.8. The number of urea groups is 1. The minimum Gasteiger partial charge on any atom is -0.367 e. The van der Waals surface area contributed by atoms with Crippen molar-refractivity contribution < 1.29 is 19.3 Å². The number of nitrogens with one attached hydrogen (secondary N) is 1. The van der Waals surface area contributed by atoms with Crippen LogP contribution >= 0.6 is 0 Å². The summed E-state index contributed by atoms with van der Waals surface area (Å²) in [5.41, 5.74) is 1.02. The van der Waals surface area contributed by atoms with Gasteiger partial charge < -0.3 is 4.90 Å². The number of benzene rings is 2. The number of fused-ring (bicyclic) bond motifs is 1. The molecule has 2 atom stereocenters. The van der Waals surface area contributed by atoms with Crippen molar-refractivity contribution in [2.45, 2.75) is 58.9 Å². The highest BCUT2D eigenvalue weighted by atomic mass is 16.6. The Kier molecular flexibility index (Phi) is 6.60. The Bertz CT molecular complexity index is 1180. The van der Waals surface area contributed by atoms with E-state index in [0.29, 0.717) is 24.2 Å². The second-order valence-corrected chi connectivity index (χ2v) is 9.31. The van der Waals surface area contributed by atoms with Gasteiger partial charge in [0, 0.05) is 30.8 Å². The number of anilines is 2. The zero-order valence-electron chi connectivity index (χ0n) is 20.2. The number of carbonyl (C=O) groups excluding carboxylic acids is 3. The molecule has 9 nitrogen and oxygen atoms in total. The van der Waals surface area contributed by atoms with Crippen LogP contribution < -0.4 is 15.1 Å². The van der Waals surface area contributed by atoms with E-state index >= 15 is 0 Å².